The predicted octanol–water partition coefficient (Wildman–Crippen LogP) is 5.30. The molecule has 0 aliphatic rings. The Morgan fingerprint density at radius 2 is 1.91 bits per heavy atom. The number of carbonyl (C=O) groups is 2. The first-order chi connectivity index (χ1) is 15.8. The number of amides is 2. The van der Waals surface area contributed by atoms with E-state index < -0.39 is 6.04 Å². The summed E-state index contributed by atoms with van der Waals surface area (Å²) < 4.78 is 1.82. The quantitative estimate of drug-likeness (QED) is 0.305. The summed E-state index contributed by atoms with van der Waals surface area (Å²) in [6.07, 6.45) is 1.71. The van der Waals surface area contributed by atoms with Crippen molar-refractivity contribution in [3.63, 3.8) is 0 Å². The van der Waals surface area contributed by atoms with Crippen LogP contribution in [-0.4, -0.2) is 32.3 Å². The molecule has 0 fully saturated rings. The van der Waals surface area contributed by atoms with Crippen molar-refractivity contribution >= 4 is 52.5 Å². The molecule has 33 heavy (non-hydrogen) atoms. The summed E-state index contributed by atoms with van der Waals surface area (Å²) in [4.78, 5) is 24.9. The van der Waals surface area contributed by atoms with Gasteiger partial charge in [-0.05, 0) is 55.8 Å². The predicted molar refractivity (Wildman–Crippen MR) is 133 cm³/mol. The van der Waals surface area contributed by atoms with Gasteiger partial charge < -0.3 is 15.2 Å². The average molecular weight is 504 g/mol. The fourth-order valence-corrected chi connectivity index (χ4v) is 4.03. The largest absolute Gasteiger partial charge is 0.342 e. The first kappa shape index (κ1) is 24.8. The Labute approximate surface area is 206 Å². The molecule has 10 heteroatoms. The number of halogens is 2. The lowest BCUT2D eigenvalue weighted by atomic mass is 10.2. The zero-order chi connectivity index (χ0) is 24.0. The third-order valence-electron chi connectivity index (χ3n) is 4.69. The van der Waals surface area contributed by atoms with E-state index in [4.69, 9.17) is 23.2 Å². The molecule has 0 spiro atoms. The summed E-state index contributed by atoms with van der Waals surface area (Å²) >= 11 is 13.3. The number of benzene rings is 2. The van der Waals surface area contributed by atoms with Gasteiger partial charge >= 0.3 is 0 Å². The molecular formula is C23H23Cl2N5O2S. The van der Waals surface area contributed by atoms with Crippen LogP contribution in [0.2, 0.25) is 10.0 Å². The van der Waals surface area contributed by atoms with Gasteiger partial charge in [0.2, 0.25) is 5.91 Å². The lowest BCUT2D eigenvalue weighted by Gasteiger charge is -2.15. The standard InChI is InChI=1S/C23H23Cl2N5O2S/c1-4-11-30-21(15(3)26-22(32)16-6-8-17(24)9-7-16)28-29-23(30)33-13-20(31)27-18-10-5-14(2)19(25)12-18/h4-10,12,15H,1,11,13H2,2-3H3,(H,26,32)(H,27,31)/t15-/m1/s1. The van der Waals surface area contributed by atoms with E-state index in [0.29, 0.717) is 38.8 Å². The summed E-state index contributed by atoms with van der Waals surface area (Å²) in [5.74, 6) is 0.244. The highest BCUT2D eigenvalue weighted by molar-refractivity contribution is 7.99. The summed E-state index contributed by atoms with van der Waals surface area (Å²) in [7, 11) is 0. The Morgan fingerprint density at radius 1 is 1.18 bits per heavy atom. The molecule has 0 saturated carbocycles. The van der Waals surface area contributed by atoms with Crippen molar-refractivity contribution in [2.24, 2.45) is 0 Å². The maximum absolute atomic E-state index is 12.5. The Morgan fingerprint density at radius 3 is 2.58 bits per heavy atom. The van der Waals surface area contributed by atoms with E-state index in [9.17, 15) is 9.59 Å². The van der Waals surface area contributed by atoms with Crippen molar-refractivity contribution in [2.45, 2.75) is 31.6 Å². The maximum atomic E-state index is 12.5. The minimum Gasteiger partial charge on any atom is -0.342 e. The van der Waals surface area contributed by atoms with E-state index in [-0.39, 0.29) is 17.6 Å². The van der Waals surface area contributed by atoms with Crippen molar-refractivity contribution in [1.29, 1.82) is 0 Å². The minimum absolute atomic E-state index is 0.131. The molecule has 0 aliphatic heterocycles. The van der Waals surface area contributed by atoms with Gasteiger partial charge in [0.15, 0.2) is 11.0 Å². The van der Waals surface area contributed by atoms with Gasteiger partial charge in [0.1, 0.15) is 0 Å². The van der Waals surface area contributed by atoms with Crippen LogP contribution in [0.15, 0.2) is 60.3 Å². The van der Waals surface area contributed by atoms with Crippen molar-refractivity contribution in [2.75, 3.05) is 11.1 Å². The monoisotopic (exact) mass is 503 g/mol. The summed E-state index contributed by atoms with van der Waals surface area (Å²) in [5.41, 5.74) is 2.05. The summed E-state index contributed by atoms with van der Waals surface area (Å²) in [6.45, 7) is 7.93. The van der Waals surface area contributed by atoms with Gasteiger partial charge in [-0.25, -0.2) is 0 Å². The Bertz CT molecular complexity index is 1160. The van der Waals surface area contributed by atoms with E-state index in [0.717, 1.165) is 5.56 Å². The Hall–Kier alpha value is -2.81. The van der Waals surface area contributed by atoms with Crippen LogP contribution in [0, 0.1) is 6.92 Å². The second-order valence-electron chi connectivity index (χ2n) is 7.24. The zero-order valence-corrected chi connectivity index (χ0v) is 20.5. The van der Waals surface area contributed by atoms with Crippen LogP contribution < -0.4 is 10.6 Å². The van der Waals surface area contributed by atoms with Crippen LogP contribution in [0.25, 0.3) is 0 Å². The van der Waals surface area contributed by atoms with Gasteiger partial charge in [0.25, 0.3) is 5.91 Å². The number of carbonyl (C=O) groups excluding carboxylic acids is 2. The van der Waals surface area contributed by atoms with Crippen molar-refractivity contribution < 1.29 is 9.59 Å². The number of thioether (sulfide) groups is 1. The van der Waals surface area contributed by atoms with Crippen LogP contribution in [-0.2, 0) is 11.3 Å². The molecule has 1 atom stereocenters. The number of allylic oxidation sites excluding steroid dienone is 1. The second kappa shape index (κ2) is 11.4. The van der Waals surface area contributed by atoms with Crippen LogP contribution >= 0.6 is 35.0 Å². The fraction of sp³-hybridized carbons (Fsp3) is 0.217. The van der Waals surface area contributed by atoms with E-state index in [1.807, 2.05) is 24.5 Å². The molecule has 0 saturated heterocycles. The van der Waals surface area contributed by atoms with E-state index in [1.54, 1.807) is 42.5 Å². The normalized spacial score (nSPS) is 11.6. The van der Waals surface area contributed by atoms with Gasteiger partial charge in [-0.2, -0.15) is 0 Å². The van der Waals surface area contributed by atoms with E-state index in [2.05, 4.69) is 27.4 Å². The second-order valence-corrected chi connectivity index (χ2v) is 9.03. The number of nitrogens with one attached hydrogen (secondary N) is 2. The van der Waals surface area contributed by atoms with Gasteiger partial charge in [-0.3, -0.25) is 9.59 Å². The third-order valence-corrected chi connectivity index (χ3v) is 6.31. The van der Waals surface area contributed by atoms with Crippen molar-refractivity contribution in [1.82, 2.24) is 20.1 Å². The number of hydrogen-bond acceptors (Lipinski definition) is 5. The Kier molecular flexibility index (Phi) is 8.55. The summed E-state index contributed by atoms with van der Waals surface area (Å²) in [6, 6.07) is 11.6. The molecule has 0 radical (unpaired) electrons. The molecule has 0 bridgehead atoms. The van der Waals surface area contributed by atoms with Crippen LogP contribution in [0.5, 0.6) is 0 Å². The lowest BCUT2D eigenvalue weighted by Crippen LogP contribution is -2.28. The molecule has 0 unspecified atom stereocenters. The molecule has 2 amide bonds. The SMILES string of the molecule is C=CCn1c(SCC(=O)Nc2ccc(C)c(Cl)c2)nnc1[C@@H](C)NC(=O)c1ccc(Cl)cc1. The topological polar surface area (TPSA) is 88.9 Å². The van der Waals surface area contributed by atoms with Crippen LogP contribution in [0.1, 0.15) is 34.7 Å². The molecule has 1 heterocycles. The van der Waals surface area contributed by atoms with Gasteiger partial charge in [0, 0.05) is 27.8 Å². The highest BCUT2D eigenvalue weighted by Crippen LogP contribution is 2.23. The molecule has 3 aromatic rings. The number of anilines is 1. The Balaban J connectivity index is 1.65. The van der Waals surface area contributed by atoms with Crippen LogP contribution in [0.3, 0.4) is 0 Å². The maximum Gasteiger partial charge on any atom is 0.251 e. The highest BCUT2D eigenvalue weighted by atomic mass is 35.5. The first-order valence-electron chi connectivity index (χ1n) is 10.1. The smallest absolute Gasteiger partial charge is 0.251 e. The van der Waals surface area contributed by atoms with Gasteiger partial charge in [-0.15, -0.1) is 16.8 Å². The average Bonchev–Trinajstić information content (AvgIpc) is 3.18. The minimum atomic E-state index is -0.418. The third kappa shape index (κ3) is 6.60. The van der Waals surface area contributed by atoms with Gasteiger partial charge in [-0.1, -0.05) is 47.1 Å². The molecule has 1 aromatic heterocycles. The van der Waals surface area contributed by atoms with Crippen molar-refractivity contribution in [3.05, 3.63) is 82.1 Å². The van der Waals surface area contributed by atoms with Crippen LogP contribution in [0.4, 0.5) is 5.69 Å². The van der Waals surface area contributed by atoms with Crippen molar-refractivity contribution in [3.8, 4) is 0 Å². The molecule has 7 nitrogen and oxygen atoms in total. The molecule has 2 N–H and O–H groups in total. The molecule has 2 aromatic carbocycles. The first-order valence-corrected chi connectivity index (χ1v) is 11.8. The number of rotatable bonds is 9. The summed E-state index contributed by atoms with van der Waals surface area (Å²) in [5, 5.41) is 15.9. The van der Waals surface area contributed by atoms with Gasteiger partial charge in [0.05, 0.1) is 11.8 Å². The molecule has 0 aliphatic carbocycles. The number of nitrogens with zero attached hydrogens (tertiary/aromatic N) is 3. The fourth-order valence-electron chi connectivity index (χ4n) is 2.97. The number of aromatic nitrogens is 3. The highest BCUT2D eigenvalue weighted by Gasteiger charge is 2.20. The van der Waals surface area contributed by atoms with E-state index in [1.165, 1.54) is 11.8 Å². The molecule has 3 rings (SSSR count). The lowest BCUT2D eigenvalue weighted by molar-refractivity contribution is -0.113. The number of aryl methyl sites for hydroxylation is 1. The molecule has 172 valence electrons. The number of hydrogen-bond donors (Lipinski definition) is 2. The van der Waals surface area contributed by atoms with E-state index >= 15 is 0 Å². The zero-order valence-electron chi connectivity index (χ0n) is 18.1. The molecular weight excluding hydrogens is 481 g/mol.